The molecule has 2 rings (SSSR count). The fourth-order valence-corrected chi connectivity index (χ4v) is 1.75. The Labute approximate surface area is 89.1 Å². The SMILES string of the molecule is Cc1c(C(=O)N2CCNCC2)cnn1C. The molecule has 0 bridgehead atoms. The first-order valence-electron chi connectivity index (χ1n) is 5.18. The van der Waals surface area contributed by atoms with Crippen LogP contribution in [0.15, 0.2) is 6.20 Å². The smallest absolute Gasteiger partial charge is 0.257 e. The number of aryl methyl sites for hydroxylation is 1. The van der Waals surface area contributed by atoms with Crippen LogP contribution in [0, 0.1) is 6.92 Å². The van der Waals surface area contributed by atoms with Crippen LogP contribution in [0.2, 0.25) is 0 Å². The molecule has 0 saturated carbocycles. The van der Waals surface area contributed by atoms with Crippen molar-refractivity contribution in [2.24, 2.45) is 7.05 Å². The molecule has 1 amide bonds. The van der Waals surface area contributed by atoms with Gasteiger partial charge in [-0.15, -0.1) is 0 Å². The molecule has 5 nitrogen and oxygen atoms in total. The van der Waals surface area contributed by atoms with Crippen molar-refractivity contribution >= 4 is 5.91 Å². The van der Waals surface area contributed by atoms with Crippen LogP contribution in [0.1, 0.15) is 16.1 Å². The molecule has 1 aliphatic heterocycles. The highest BCUT2D eigenvalue weighted by Crippen LogP contribution is 2.09. The van der Waals surface area contributed by atoms with Gasteiger partial charge >= 0.3 is 0 Å². The maximum absolute atomic E-state index is 12.1. The fraction of sp³-hybridized carbons (Fsp3) is 0.600. The first-order valence-corrected chi connectivity index (χ1v) is 5.18. The van der Waals surface area contributed by atoms with Gasteiger partial charge in [-0.25, -0.2) is 0 Å². The van der Waals surface area contributed by atoms with Crippen molar-refractivity contribution in [2.75, 3.05) is 26.2 Å². The normalized spacial score (nSPS) is 16.8. The van der Waals surface area contributed by atoms with Gasteiger partial charge in [0.15, 0.2) is 0 Å². The third-order valence-corrected chi connectivity index (χ3v) is 2.87. The fourth-order valence-electron chi connectivity index (χ4n) is 1.75. The van der Waals surface area contributed by atoms with E-state index in [0.29, 0.717) is 0 Å². The highest BCUT2D eigenvalue weighted by Gasteiger charge is 2.21. The average Bonchev–Trinajstić information content (AvgIpc) is 2.60. The molecule has 15 heavy (non-hydrogen) atoms. The Balaban J connectivity index is 2.16. The summed E-state index contributed by atoms with van der Waals surface area (Å²) in [5.74, 6) is 0.0992. The highest BCUT2D eigenvalue weighted by atomic mass is 16.2. The van der Waals surface area contributed by atoms with Gasteiger partial charge in [0, 0.05) is 38.9 Å². The summed E-state index contributed by atoms with van der Waals surface area (Å²) >= 11 is 0. The van der Waals surface area contributed by atoms with E-state index in [1.165, 1.54) is 0 Å². The first-order chi connectivity index (χ1) is 7.20. The summed E-state index contributed by atoms with van der Waals surface area (Å²) in [5, 5.41) is 7.31. The second kappa shape index (κ2) is 4.02. The molecule has 0 aromatic carbocycles. The minimum Gasteiger partial charge on any atom is -0.336 e. The maximum atomic E-state index is 12.1. The number of piperazine rings is 1. The standard InChI is InChI=1S/C10H16N4O/c1-8-9(7-12-13(8)2)10(15)14-5-3-11-4-6-14/h7,11H,3-6H2,1-2H3. The average molecular weight is 208 g/mol. The molecule has 0 aliphatic carbocycles. The van der Waals surface area contributed by atoms with Crippen LogP contribution in [0.3, 0.4) is 0 Å². The van der Waals surface area contributed by atoms with Crippen molar-refractivity contribution in [1.82, 2.24) is 20.0 Å². The minimum absolute atomic E-state index is 0.0992. The summed E-state index contributed by atoms with van der Waals surface area (Å²) < 4.78 is 1.73. The monoisotopic (exact) mass is 208 g/mol. The Morgan fingerprint density at radius 3 is 2.67 bits per heavy atom. The Hall–Kier alpha value is -1.36. The van der Waals surface area contributed by atoms with Crippen molar-refractivity contribution in [3.63, 3.8) is 0 Å². The van der Waals surface area contributed by atoms with E-state index in [2.05, 4.69) is 10.4 Å². The van der Waals surface area contributed by atoms with E-state index in [-0.39, 0.29) is 5.91 Å². The second-order valence-corrected chi connectivity index (χ2v) is 3.81. The van der Waals surface area contributed by atoms with Crippen LogP contribution in [0.4, 0.5) is 0 Å². The lowest BCUT2D eigenvalue weighted by atomic mass is 10.2. The van der Waals surface area contributed by atoms with Gasteiger partial charge in [0.2, 0.25) is 0 Å². The van der Waals surface area contributed by atoms with Crippen molar-refractivity contribution < 1.29 is 4.79 Å². The van der Waals surface area contributed by atoms with Gasteiger partial charge in [0.25, 0.3) is 5.91 Å². The first kappa shape index (κ1) is 10.2. The molecule has 1 N–H and O–H groups in total. The number of rotatable bonds is 1. The van der Waals surface area contributed by atoms with Gasteiger partial charge in [-0.05, 0) is 6.92 Å². The molecule has 2 heterocycles. The topological polar surface area (TPSA) is 50.2 Å². The van der Waals surface area contributed by atoms with Gasteiger partial charge in [-0.3, -0.25) is 9.48 Å². The number of carbonyl (C=O) groups is 1. The number of hydrogen-bond acceptors (Lipinski definition) is 3. The summed E-state index contributed by atoms with van der Waals surface area (Å²) in [4.78, 5) is 14.0. The zero-order chi connectivity index (χ0) is 10.8. The third kappa shape index (κ3) is 1.87. The van der Waals surface area contributed by atoms with E-state index in [1.54, 1.807) is 10.9 Å². The number of nitrogens with zero attached hydrogens (tertiary/aromatic N) is 3. The zero-order valence-corrected chi connectivity index (χ0v) is 9.16. The van der Waals surface area contributed by atoms with Gasteiger partial charge in [0.05, 0.1) is 11.8 Å². The summed E-state index contributed by atoms with van der Waals surface area (Å²) in [7, 11) is 1.85. The summed E-state index contributed by atoms with van der Waals surface area (Å²) in [6, 6.07) is 0. The number of aromatic nitrogens is 2. The highest BCUT2D eigenvalue weighted by molar-refractivity contribution is 5.95. The van der Waals surface area contributed by atoms with Crippen molar-refractivity contribution in [3.8, 4) is 0 Å². The number of amides is 1. The molecular formula is C10H16N4O. The maximum Gasteiger partial charge on any atom is 0.257 e. The van der Waals surface area contributed by atoms with Crippen molar-refractivity contribution in [3.05, 3.63) is 17.5 Å². The molecule has 1 aromatic rings. The van der Waals surface area contributed by atoms with E-state index in [4.69, 9.17) is 0 Å². The van der Waals surface area contributed by atoms with E-state index >= 15 is 0 Å². The van der Waals surface area contributed by atoms with Gasteiger partial charge in [-0.1, -0.05) is 0 Å². The van der Waals surface area contributed by atoms with Crippen LogP contribution in [0.25, 0.3) is 0 Å². The molecule has 0 radical (unpaired) electrons. The van der Waals surface area contributed by atoms with Gasteiger partial charge < -0.3 is 10.2 Å². The van der Waals surface area contributed by atoms with Crippen LogP contribution >= 0.6 is 0 Å². The third-order valence-electron chi connectivity index (χ3n) is 2.87. The minimum atomic E-state index is 0.0992. The molecule has 1 aromatic heterocycles. The van der Waals surface area contributed by atoms with Crippen molar-refractivity contribution in [1.29, 1.82) is 0 Å². The number of hydrogen-bond donors (Lipinski definition) is 1. The number of carbonyl (C=O) groups excluding carboxylic acids is 1. The van der Waals surface area contributed by atoms with Gasteiger partial charge in [0.1, 0.15) is 0 Å². The Morgan fingerprint density at radius 1 is 1.47 bits per heavy atom. The molecule has 0 spiro atoms. The van der Waals surface area contributed by atoms with E-state index in [9.17, 15) is 4.79 Å². The van der Waals surface area contributed by atoms with Crippen molar-refractivity contribution in [2.45, 2.75) is 6.92 Å². The number of nitrogens with one attached hydrogen (secondary N) is 1. The molecule has 5 heteroatoms. The molecule has 0 atom stereocenters. The van der Waals surface area contributed by atoms with E-state index in [0.717, 1.165) is 37.4 Å². The molecule has 1 aliphatic rings. The molecule has 82 valence electrons. The zero-order valence-electron chi connectivity index (χ0n) is 9.16. The Morgan fingerprint density at radius 2 is 2.13 bits per heavy atom. The van der Waals surface area contributed by atoms with E-state index < -0.39 is 0 Å². The Kier molecular flexibility index (Phi) is 2.73. The van der Waals surface area contributed by atoms with Crippen LogP contribution < -0.4 is 5.32 Å². The second-order valence-electron chi connectivity index (χ2n) is 3.81. The van der Waals surface area contributed by atoms with E-state index in [1.807, 2.05) is 18.9 Å². The molecular weight excluding hydrogens is 192 g/mol. The molecule has 1 saturated heterocycles. The lowest BCUT2D eigenvalue weighted by Gasteiger charge is -2.27. The summed E-state index contributed by atoms with van der Waals surface area (Å²) in [5.41, 5.74) is 1.65. The lowest BCUT2D eigenvalue weighted by molar-refractivity contribution is 0.0735. The Bertz CT molecular complexity index is 365. The quantitative estimate of drug-likeness (QED) is 0.694. The summed E-state index contributed by atoms with van der Waals surface area (Å²) in [6.07, 6.45) is 1.65. The predicted octanol–water partition coefficient (Wildman–Crippen LogP) is -0.226. The van der Waals surface area contributed by atoms with Crippen LogP contribution in [-0.4, -0.2) is 46.8 Å². The molecule has 1 fully saturated rings. The molecule has 0 unspecified atom stereocenters. The van der Waals surface area contributed by atoms with Gasteiger partial charge in [-0.2, -0.15) is 5.10 Å². The van der Waals surface area contributed by atoms with Crippen LogP contribution in [-0.2, 0) is 7.05 Å². The summed E-state index contributed by atoms with van der Waals surface area (Å²) in [6.45, 7) is 5.25. The predicted molar refractivity (Wildman–Crippen MR) is 56.7 cm³/mol. The lowest BCUT2D eigenvalue weighted by Crippen LogP contribution is -2.46. The van der Waals surface area contributed by atoms with Crippen LogP contribution in [0.5, 0.6) is 0 Å². The largest absolute Gasteiger partial charge is 0.336 e.